The fourth-order valence-electron chi connectivity index (χ4n) is 3.51. The highest BCUT2D eigenvalue weighted by molar-refractivity contribution is 5.85. The zero-order valence-corrected chi connectivity index (χ0v) is 23.0. The van der Waals surface area contributed by atoms with E-state index in [1.807, 2.05) is 27.8 Å². The third kappa shape index (κ3) is 9.48. The number of carbonyl (C=O) groups excluding carboxylic acids is 1. The highest BCUT2D eigenvalue weighted by Crippen LogP contribution is 2.24. The predicted octanol–water partition coefficient (Wildman–Crippen LogP) is 3.87. The van der Waals surface area contributed by atoms with Crippen LogP contribution in [-0.2, 0) is 4.74 Å². The Balaban J connectivity index is 0.000000279. The summed E-state index contributed by atoms with van der Waals surface area (Å²) in [6, 6.07) is 3.03. The molecule has 2 atom stereocenters. The van der Waals surface area contributed by atoms with Gasteiger partial charge in [0.05, 0.1) is 40.4 Å². The molecule has 14 nitrogen and oxygen atoms in total. The second kappa shape index (κ2) is 13.8. The van der Waals surface area contributed by atoms with Crippen LogP contribution in [0.3, 0.4) is 0 Å². The average Bonchev–Trinajstić information content (AvgIpc) is 2.82. The Bertz CT molecular complexity index is 1150. The quantitative estimate of drug-likeness (QED) is 0.335. The van der Waals surface area contributed by atoms with E-state index in [4.69, 9.17) is 14.2 Å². The van der Waals surface area contributed by atoms with E-state index in [0.717, 1.165) is 25.6 Å². The van der Waals surface area contributed by atoms with Crippen LogP contribution < -0.4 is 9.47 Å². The van der Waals surface area contributed by atoms with Crippen LogP contribution in [-0.4, -0.2) is 86.7 Å². The first kappa shape index (κ1) is 31.4. The van der Waals surface area contributed by atoms with Crippen molar-refractivity contribution in [1.82, 2.24) is 19.8 Å². The van der Waals surface area contributed by atoms with Crippen LogP contribution in [0.4, 0.5) is 16.2 Å². The Labute approximate surface area is 232 Å². The van der Waals surface area contributed by atoms with Crippen molar-refractivity contribution >= 4 is 29.9 Å². The lowest BCUT2D eigenvalue weighted by atomic mass is 10.1. The molecule has 39 heavy (non-hydrogen) atoms. The standard InChI is InChI=1S/C14H19N3O5.C10H13N3O3.ClH/c1-14(2,3)22-13(18)16-5-4-10(16)9-21-12-6-11(17(19)20)7-15-8-12;1-12-3-2-8(12)7-16-10-4-9(13(14)15)5-11-6-10;/h6-8,10H,4-5,9H2,1-3H3;4-6,8H,2-3,7H2,1H3;1H/t10-;8-;/m00./s1. The molecule has 2 aromatic heterocycles. The lowest BCUT2D eigenvalue weighted by Gasteiger charge is -2.40. The van der Waals surface area contributed by atoms with Crippen LogP contribution in [0, 0.1) is 20.2 Å². The predicted molar refractivity (Wildman–Crippen MR) is 142 cm³/mol. The van der Waals surface area contributed by atoms with Gasteiger partial charge in [-0.2, -0.15) is 0 Å². The van der Waals surface area contributed by atoms with Crippen LogP contribution >= 0.6 is 12.4 Å². The van der Waals surface area contributed by atoms with Crippen molar-refractivity contribution in [3.8, 4) is 11.5 Å². The van der Waals surface area contributed by atoms with Crippen LogP contribution in [0.2, 0.25) is 0 Å². The number of rotatable bonds is 8. The molecular weight excluding hydrogens is 536 g/mol. The number of carbonyl (C=O) groups is 1. The number of ether oxygens (including phenoxy) is 3. The highest BCUT2D eigenvalue weighted by atomic mass is 35.5. The van der Waals surface area contributed by atoms with Gasteiger partial charge in [-0.15, -0.1) is 12.4 Å². The SMILES string of the molecule is CC(C)(C)OC(=O)N1CC[C@H]1COc1cncc([N+](=O)[O-])c1.CN1CC[C@H]1COc1cncc([N+](=O)[O-])c1.Cl. The summed E-state index contributed by atoms with van der Waals surface area (Å²) in [5.41, 5.74) is -0.711. The van der Waals surface area contributed by atoms with Crippen molar-refractivity contribution in [2.24, 2.45) is 0 Å². The minimum Gasteiger partial charge on any atom is -0.490 e. The van der Waals surface area contributed by atoms with Crippen LogP contribution in [0.1, 0.15) is 33.6 Å². The lowest BCUT2D eigenvalue weighted by Crippen LogP contribution is -2.55. The summed E-state index contributed by atoms with van der Waals surface area (Å²) < 4.78 is 16.3. The van der Waals surface area contributed by atoms with Crippen molar-refractivity contribution in [3.05, 3.63) is 57.1 Å². The topological polar surface area (TPSA) is 163 Å². The maximum atomic E-state index is 12.0. The van der Waals surface area contributed by atoms with Gasteiger partial charge in [-0.3, -0.25) is 35.1 Å². The van der Waals surface area contributed by atoms with Gasteiger partial charge in [0, 0.05) is 12.6 Å². The smallest absolute Gasteiger partial charge is 0.410 e. The van der Waals surface area contributed by atoms with Crippen LogP contribution in [0.25, 0.3) is 0 Å². The molecule has 2 fully saturated rings. The zero-order chi connectivity index (χ0) is 27.9. The number of hydrogen-bond donors (Lipinski definition) is 0. The number of aromatic nitrogens is 2. The molecule has 4 rings (SSSR count). The number of hydrogen-bond acceptors (Lipinski definition) is 11. The number of nitrogens with zero attached hydrogens (tertiary/aromatic N) is 6. The largest absolute Gasteiger partial charge is 0.490 e. The Morgan fingerprint density at radius 2 is 1.41 bits per heavy atom. The maximum Gasteiger partial charge on any atom is 0.410 e. The molecule has 15 heteroatoms. The molecule has 0 spiro atoms. The number of likely N-dealkylation sites (N-methyl/N-ethyl adjacent to an activating group) is 1. The summed E-state index contributed by atoms with van der Waals surface area (Å²) in [7, 11) is 2.03. The molecule has 0 radical (unpaired) electrons. The van der Waals surface area contributed by atoms with E-state index in [1.165, 1.54) is 30.7 Å². The molecule has 0 unspecified atom stereocenters. The summed E-state index contributed by atoms with van der Waals surface area (Å²) in [6.45, 7) is 7.94. The first-order valence-electron chi connectivity index (χ1n) is 12.1. The van der Waals surface area contributed by atoms with Crippen molar-refractivity contribution in [3.63, 3.8) is 0 Å². The molecule has 0 saturated carbocycles. The first-order valence-corrected chi connectivity index (χ1v) is 12.1. The minimum atomic E-state index is -0.540. The van der Waals surface area contributed by atoms with E-state index >= 15 is 0 Å². The number of nitro groups is 2. The molecule has 0 aromatic carbocycles. The summed E-state index contributed by atoms with van der Waals surface area (Å²) in [4.78, 5) is 43.4. The van der Waals surface area contributed by atoms with Crippen molar-refractivity contribution in [2.75, 3.05) is 33.4 Å². The monoisotopic (exact) mass is 568 g/mol. The average molecular weight is 569 g/mol. The lowest BCUT2D eigenvalue weighted by molar-refractivity contribution is -0.385. The Hall–Kier alpha value is -3.78. The molecule has 2 aliphatic rings. The van der Waals surface area contributed by atoms with E-state index < -0.39 is 15.4 Å². The summed E-state index contributed by atoms with van der Waals surface area (Å²) in [5.74, 6) is 0.764. The fraction of sp³-hybridized carbons (Fsp3) is 0.542. The first-order chi connectivity index (χ1) is 17.9. The third-order valence-electron chi connectivity index (χ3n) is 5.91. The summed E-state index contributed by atoms with van der Waals surface area (Å²) >= 11 is 0. The number of halogens is 1. The molecule has 2 aliphatic heterocycles. The molecule has 0 N–H and O–H groups in total. The van der Waals surface area contributed by atoms with Gasteiger partial charge in [-0.25, -0.2) is 4.79 Å². The Kier molecular flexibility index (Phi) is 11.2. The molecule has 1 amide bonds. The van der Waals surface area contributed by atoms with E-state index in [1.54, 1.807) is 4.90 Å². The highest BCUT2D eigenvalue weighted by Gasteiger charge is 2.35. The Morgan fingerprint density at radius 3 is 1.77 bits per heavy atom. The van der Waals surface area contributed by atoms with Crippen molar-refractivity contribution in [1.29, 1.82) is 0 Å². The van der Waals surface area contributed by atoms with Gasteiger partial charge < -0.3 is 19.1 Å². The maximum absolute atomic E-state index is 12.0. The second-order valence-corrected chi connectivity index (χ2v) is 9.93. The Morgan fingerprint density at radius 1 is 0.923 bits per heavy atom. The zero-order valence-electron chi connectivity index (χ0n) is 22.2. The van der Waals surface area contributed by atoms with Gasteiger partial charge in [0.2, 0.25) is 0 Å². The van der Waals surface area contributed by atoms with Gasteiger partial charge in [0.25, 0.3) is 11.4 Å². The number of pyridine rings is 2. The van der Waals surface area contributed by atoms with E-state index in [0.29, 0.717) is 30.7 Å². The molecule has 4 heterocycles. The molecule has 214 valence electrons. The summed E-state index contributed by atoms with van der Waals surface area (Å²) in [6.07, 6.45) is 6.81. The van der Waals surface area contributed by atoms with E-state index in [9.17, 15) is 25.0 Å². The van der Waals surface area contributed by atoms with Gasteiger partial charge >= 0.3 is 6.09 Å². The number of amides is 1. The molecule has 0 aliphatic carbocycles. The molecular formula is C24H33ClN6O8. The van der Waals surface area contributed by atoms with Gasteiger partial charge in [0.15, 0.2) is 0 Å². The summed E-state index contributed by atoms with van der Waals surface area (Å²) in [5, 5.41) is 21.2. The molecule has 2 saturated heterocycles. The molecule has 0 bridgehead atoms. The van der Waals surface area contributed by atoms with Crippen molar-refractivity contribution < 1.29 is 28.9 Å². The van der Waals surface area contributed by atoms with Gasteiger partial charge in [-0.05, 0) is 47.2 Å². The van der Waals surface area contributed by atoms with Gasteiger partial charge in [-0.1, -0.05) is 0 Å². The van der Waals surface area contributed by atoms with Gasteiger partial charge in [0.1, 0.15) is 42.7 Å². The third-order valence-corrected chi connectivity index (χ3v) is 5.91. The number of likely N-dealkylation sites (tertiary alicyclic amines) is 2. The van der Waals surface area contributed by atoms with Crippen LogP contribution in [0.5, 0.6) is 11.5 Å². The normalized spacial score (nSPS) is 18.2. The molecule has 2 aromatic rings. The van der Waals surface area contributed by atoms with Crippen molar-refractivity contribution in [2.45, 2.75) is 51.3 Å². The fourth-order valence-corrected chi connectivity index (χ4v) is 3.51. The second-order valence-electron chi connectivity index (χ2n) is 9.93. The minimum absolute atomic E-state index is 0. The van der Waals surface area contributed by atoms with E-state index in [2.05, 4.69) is 14.9 Å². The van der Waals surface area contributed by atoms with Crippen LogP contribution in [0.15, 0.2) is 36.9 Å². The van der Waals surface area contributed by atoms with E-state index in [-0.39, 0.29) is 42.5 Å².